The van der Waals surface area contributed by atoms with Crippen LogP contribution in [0, 0.1) is 0 Å². The Morgan fingerprint density at radius 1 is 1.07 bits per heavy atom. The fraction of sp³-hybridized carbons (Fsp3) is 0.316. The van der Waals surface area contributed by atoms with Gasteiger partial charge in [-0.25, -0.2) is 18.4 Å². The van der Waals surface area contributed by atoms with Crippen LogP contribution < -0.4 is 10.2 Å². The summed E-state index contributed by atoms with van der Waals surface area (Å²) in [4.78, 5) is 22.6. The van der Waals surface area contributed by atoms with Crippen molar-refractivity contribution in [2.45, 2.75) is 0 Å². The summed E-state index contributed by atoms with van der Waals surface area (Å²) in [6, 6.07) is 10.7. The molecular formula is C19H21N5O4S. The number of anilines is 1. The van der Waals surface area contributed by atoms with Crippen LogP contribution in [0.15, 0.2) is 53.2 Å². The van der Waals surface area contributed by atoms with Gasteiger partial charge < -0.3 is 14.6 Å². The summed E-state index contributed by atoms with van der Waals surface area (Å²) >= 11 is 0. The minimum atomic E-state index is -3.47. The van der Waals surface area contributed by atoms with Gasteiger partial charge in [0.25, 0.3) is 5.91 Å². The molecule has 9 nitrogen and oxygen atoms in total. The highest BCUT2D eigenvalue weighted by Gasteiger charge is 2.27. The molecule has 0 saturated carbocycles. The number of nitrogens with one attached hydrogen (secondary N) is 1. The van der Waals surface area contributed by atoms with Crippen molar-refractivity contribution in [3.05, 3.63) is 54.6 Å². The van der Waals surface area contributed by atoms with Crippen LogP contribution in [0.25, 0.3) is 11.0 Å². The van der Waals surface area contributed by atoms with Gasteiger partial charge in [0.1, 0.15) is 5.58 Å². The lowest BCUT2D eigenvalue weighted by molar-refractivity contribution is 0.0930. The predicted octanol–water partition coefficient (Wildman–Crippen LogP) is 1.10. The van der Waals surface area contributed by atoms with E-state index in [1.165, 1.54) is 4.31 Å². The third-order valence-electron chi connectivity index (χ3n) is 4.76. The lowest BCUT2D eigenvalue weighted by Gasteiger charge is -2.33. The van der Waals surface area contributed by atoms with E-state index in [1.807, 2.05) is 23.1 Å². The maximum absolute atomic E-state index is 12.6. The van der Waals surface area contributed by atoms with Gasteiger partial charge in [0.2, 0.25) is 16.0 Å². The molecule has 4 rings (SSSR count). The molecule has 152 valence electrons. The van der Waals surface area contributed by atoms with E-state index in [2.05, 4.69) is 15.3 Å². The van der Waals surface area contributed by atoms with Gasteiger partial charge in [-0.1, -0.05) is 18.2 Å². The van der Waals surface area contributed by atoms with Crippen molar-refractivity contribution >= 4 is 32.8 Å². The SMILES string of the molecule is O=C(NCCS(=O)(=O)N1CCN(c2ncccn2)CC1)c1cc2ccccc2o1. The van der Waals surface area contributed by atoms with Crippen molar-refractivity contribution in [1.82, 2.24) is 19.6 Å². The zero-order valence-corrected chi connectivity index (χ0v) is 16.5. The number of rotatable bonds is 6. The monoisotopic (exact) mass is 415 g/mol. The van der Waals surface area contributed by atoms with Crippen molar-refractivity contribution in [2.24, 2.45) is 0 Å². The van der Waals surface area contributed by atoms with Gasteiger partial charge in [0.15, 0.2) is 5.76 Å². The van der Waals surface area contributed by atoms with Crippen LogP contribution in [0.4, 0.5) is 5.95 Å². The summed E-state index contributed by atoms with van der Waals surface area (Å²) in [5.74, 6) is 0.172. The molecule has 1 saturated heterocycles. The van der Waals surface area contributed by atoms with E-state index in [1.54, 1.807) is 30.6 Å². The smallest absolute Gasteiger partial charge is 0.287 e. The highest BCUT2D eigenvalue weighted by molar-refractivity contribution is 7.89. The highest BCUT2D eigenvalue weighted by Crippen LogP contribution is 2.18. The molecule has 1 amide bonds. The first-order valence-electron chi connectivity index (χ1n) is 9.29. The van der Waals surface area contributed by atoms with Gasteiger partial charge in [-0.2, -0.15) is 4.31 Å². The fourth-order valence-electron chi connectivity index (χ4n) is 3.22. The first kappa shape index (κ1) is 19.3. The Balaban J connectivity index is 1.28. The summed E-state index contributed by atoms with van der Waals surface area (Å²) in [6.07, 6.45) is 3.33. The number of aromatic nitrogens is 2. The Morgan fingerprint density at radius 2 is 1.79 bits per heavy atom. The minimum Gasteiger partial charge on any atom is -0.451 e. The molecule has 1 aromatic carbocycles. The number of nitrogens with zero attached hydrogens (tertiary/aromatic N) is 4. The Hall–Kier alpha value is -2.98. The molecule has 0 aliphatic carbocycles. The van der Waals surface area contributed by atoms with Crippen molar-refractivity contribution < 1.29 is 17.6 Å². The van der Waals surface area contributed by atoms with E-state index >= 15 is 0 Å². The van der Waals surface area contributed by atoms with Gasteiger partial charge in [0.05, 0.1) is 5.75 Å². The summed E-state index contributed by atoms with van der Waals surface area (Å²) < 4.78 is 32.1. The van der Waals surface area contributed by atoms with Crippen LogP contribution in [0.2, 0.25) is 0 Å². The number of furan rings is 1. The molecule has 3 heterocycles. The summed E-state index contributed by atoms with van der Waals surface area (Å²) in [5.41, 5.74) is 0.616. The Morgan fingerprint density at radius 3 is 2.52 bits per heavy atom. The van der Waals surface area contributed by atoms with E-state index in [4.69, 9.17) is 4.42 Å². The molecule has 0 bridgehead atoms. The largest absolute Gasteiger partial charge is 0.451 e. The van der Waals surface area contributed by atoms with Crippen LogP contribution in [0.5, 0.6) is 0 Å². The van der Waals surface area contributed by atoms with E-state index in [0.29, 0.717) is 37.7 Å². The molecule has 29 heavy (non-hydrogen) atoms. The van der Waals surface area contributed by atoms with Crippen LogP contribution in [0.3, 0.4) is 0 Å². The minimum absolute atomic E-state index is 0.0141. The molecule has 0 spiro atoms. The molecule has 0 unspecified atom stereocenters. The van der Waals surface area contributed by atoms with Crippen LogP contribution in [-0.2, 0) is 10.0 Å². The van der Waals surface area contributed by atoms with Crippen molar-refractivity contribution in [3.8, 4) is 0 Å². The fourth-order valence-corrected chi connectivity index (χ4v) is 4.56. The van der Waals surface area contributed by atoms with Gasteiger partial charge in [-0.05, 0) is 18.2 Å². The Labute approximate surface area is 168 Å². The van der Waals surface area contributed by atoms with E-state index in [0.717, 1.165) is 5.39 Å². The van der Waals surface area contributed by atoms with Crippen molar-refractivity contribution in [2.75, 3.05) is 43.4 Å². The molecule has 10 heteroatoms. The quantitative estimate of drug-likeness (QED) is 0.642. The molecule has 0 atom stereocenters. The van der Waals surface area contributed by atoms with Gasteiger partial charge in [0, 0.05) is 50.5 Å². The molecule has 1 N–H and O–H groups in total. The molecule has 1 aliphatic heterocycles. The second kappa shape index (κ2) is 8.18. The number of benzene rings is 1. The van der Waals surface area contributed by atoms with E-state index in [-0.39, 0.29) is 18.1 Å². The summed E-state index contributed by atoms with van der Waals surface area (Å²) in [7, 11) is -3.47. The second-order valence-electron chi connectivity index (χ2n) is 6.66. The van der Waals surface area contributed by atoms with Crippen molar-refractivity contribution in [1.29, 1.82) is 0 Å². The number of hydrogen-bond acceptors (Lipinski definition) is 7. The average molecular weight is 415 g/mol. The van der Waals surface area contributed by atoms with E-state index < -0.39 is 15.9 Å². The topological polar surface area (TPSA) is 109 Å². The number of carbonyl (C=O) groups excluding carboxylic acids is 1. The van der Waals surface area contributed by atoms with Gasteiger partial charge in [-0.3, -0.25) is 4.79 Å². The molecular weight excluding hydrogens is 394 g/mol. The number of piperazine rings is 1. The molecule has 1 aliphatic rings. The lowest BCUT2D eigenvalue weighted by Crippen LogP contribution is -2.50. The van der Waals surface area contributed by atoms with E-state index in [9.17, 15) is 13.2 Å². The normalized spacial score (nSPS) is 15.5. The van der Waals surface area contributed by atoms with Crippen molar-refractivity contribution in [3.63, 3.8) is 0 Å². The zero-order chi connectivity index (χ0) is 20.3. The first-order chi connectivity index (χ1) is 14.0. The lowest BCUT2D eigenvalue weighted by atomic mass is 10.2. The first-order valence-corrected chi connectivity index (χ1v) is 10.9. The van der Waals surface area contributed by atoms with Crippen LogP contribution >= 0.6 is 0 Å². The van der Waals surface area contributed by atoms with Crippen LogP contribution in [0.1, 0.15) is 10.6 Å². The number of hydrogen-bond donors (Lipinski definition) is 1. The third-order valence-corrected chi connectivity index (χ3v) is 6.63. The highest BCUT2D eigenvalue weighted by atomic mass is 32.2. The predicted molar refractivity (Wildman–Crippen MR) is 108 cm³/mol. The average Bonchev–Trinajstić information content (AvgIpc) is 3.19. The Kier molecular flexibility index (Phi) is 5.45. The van der Waals surface area contributed by atoms with Gasteiger partial charge in [-0.15, -0.1) is 0 Å². The number of sulfonamides is 1. The zero-order valence-electron chi connectivity index (χ0n) is 15.7. The maximum atomic E-state index is 12.6. The number of amides is 1. The second-order valence-corrected chi connectivity index (χ2v) is 8.74. The summed E-state index contributed by atoms with van der Waals surface area (Å²) in [5, 5.41) is 3.45. The number of para-hydroxylation sites is 1. The Bertz CT molecular complexity index is 1060. The molecule has 3 aromatic rings. The maximum Gasteiger partial charge on any atom is 0.287 e. The number of carbonyl (C=O) groups is 1. The molecule has 2 aromatic heterocycles. The standard InChI is InChI=1S/C19H21N5O4S/c25-18(17-14-15-4-1-2-5-16(15)28-17)20-8-13-29(26,27)24-11-9-23(10-12-24)19-21-6-3-7-22-19/h1-7,14H,8-13H2,(H,20,25). The molecule has 0 radical (unpaired) electrons. The number of fused-ring (bicyclic) bond motifs is 1. The third kappa shape index (κ3) is 4.38. The summed E-state index contributed by atoms with van der Waals surface area (Å²) in [6.45, 7) is 1.78. The molecule has 1 fully saturated rings. The van der Waals surface area contributed by atoms with Gasteiger partial charge >= 0.3 is 0 Å². The van der Waals surface area contributed by atoms with Crippen LogP contribution in [-0.4, -0.2) is 67.1 Å².